The van der Waals surface area contributed by atoms with E-state index in [1.54, 1.807) is 12.5 Å². The Morgan fingerprint density at radius 1 is 1.14 bits per heavy atom. The maximum absolute atomic E-state index is 11.0. The van der Waals surface area contributed by atoms with E-state index in [4.69, 9.17) is 39.5 Å². The first-order valence-corrected chi connectivity index (χ1v) is 9.56. The zero-order valence-electron chi connectivity index (χ0n) is 14.6. The minimum absolute atomic E-state index is 0.0246. The number of ether oxygens (including phenoxy) is 1. The summed E-state index contributed by atoms with van der Waals surface area (Å²) >= 11 is 18.1. The highest BCUT2D eigenvalue weighted by atomic mass is 35.5. The van der Waals surface area contributed by atoms with Gasteiger partial charge in [-0.1, -0.05) is 46.9 Å². The second kappa shape index (κ2) is 9.28. The third-order valence-electron chi connectivity index (χ3n) is 4.13. The molecule has 0 aliphatic heterocycles. The molecule has 6 nitrogen and oxygen atoms in total. The highest BCUT2D eigenvalue weighted by Gasteiger charge is 2.20. The van der Waals surface area contributed by atoms with E-state index in [1.807, 2.05) is 35.0 Å². The molecule has 0 bridgehead atoms. The molecule has 0 saturated heterocycles. The average molecular weight is 441 g/mol. The van der Waals surface area contributed by atoms with Gasteiger partial charge in [0.1, 0.15) is 16.9 Å². The minimum Gasteiger partial charge on any atom is -0.487 e. The van der Waals surface area contributed by atoms with E-state index in [1.165, 1.54) is 12.1 Å². The fraction of sp³-hybridized carbons (Fsp3) is 0.211. The molecular weight excluding hydrogens is 425 g/mol. The molecule has 3 aromatic rings. The first-order valence-electron chi connectivity index (χ1n) is 8.42. The van der Waals surface area contributed by atoms with Crippen LogP contribution in [0.2, 0.25) is 15.1 Å². The Kier molecular flexibility index (Phi) is 6.78. The molecule has 0 N–H and O–H groups in total. The van der Waals surface area contributed by atoms with Crippen LogP contribution in [0.3, 0.4) is 0 Å². The van der Waals surface area contributed by atoms with E-state index < -0.39 is 4.92 Å². The van der Waals surface area contributed by atoms with Crippen molar-refractivity contribution in [2.75, 3.05) is 0 Å². The Morgan fingerprint density at radius 3 is 2.54 bits per heavy atom. The highest BCUT2D eigenvalue weighted by Crippen LogP contribution is 2.36. The number of hydrogen-bond acceptors (Lipinski definition) is 4. The van der Waals surface area contributed by atoms with Crippen LogP contribution in [0.25, 0.3) is 0 Å². The van der Waals surface area contributed by atoms with Crippen LogP contribution >= 0.6 is 34.8 Å². The van der Waals surface area contributed by atoms with Gasteiger partial charge in [-0.2, -0.15) is 0 Å². The van der Waals surface area contributed by atoms with E-state index >= 15 is 0 Å². The van der Waals surface area contributed by atoms with E-state index in [0.29, 0.717) is 23.7 Å². The lowest BCUT2D eigenvalue weighted by molar-refractivity contribution is -0.384. The number of nitro benzene ring substituents is 1. The maximum atomic E-state index is 11.0. The summed E-state index contributed by atoms with van der Waals surface area (Å²) in [6, 6.07) is 10.2. The van der Waals surface area contributed by atoms with Crippen molar-refractivity contribution < 1.29 is 9.66 Å². The normalized spacial score (nSPS) is 12.0. The van der Waals surface area contributed by atoms with Crippen LogP contribution in [0.15, 0.2) is 55.1 Å². The predicted octanol–water partition coefficient (Wildman–Crippen LogP) is 5.83. The molecule has 3 rings (SSSR count). The summed E-state index contributed by atoms with van der Waals surface area (Å²) < 4.78 is 7.96. The molecular formula is C19H16Cl3N3O3. The number of benzene rings is 2. The van der Waals surface area contributed by atoms with Gasteiger partial charge >= 0.3 is 0 Å². The Hall–Kier alpha value is -2.28. The van der Waals surface area contributed by atoms with Gasteiger partial charge in [-0.05, 0) is 30.5 Å². The number of nitrogens with zero attached hydrogens (tertiary/aromatic N) is 3. The van der Waals surface area contributed by atoms with Crippen molar-refractivity contribution in [3.05, 3.63) is 85.9 Å². The van der Waals surface area contributed by atoms with Crippen molar-refractivity contribution >= 4 is 40.5 Å². The number of aryl methyl sites for hydroxylation is 1. The minimum atomic E-state index is -0.582. The third kappa shape index (κ3) is 5.38. The number of rotatable bonds is 8. The first-order chi connectivity index (χ1) is 13.4. The SMILES string of the molecule is O=[N+]([O-])c1cc(Cl)c(OC(CCc2ccc(Cl)cc2)Cn2ccnc2)cc1Cl. The van der Waals surface area contributed by atoms with Crippen LogP contribution in [0.5, 0.6) is 5.75 Å². The fourth-order valence-electron chi connectivity index (χ4n) is 2.72. The van der Waals surface area contributed by atoms with E-state index in [2.05, 4.69) is 4.98 Å². The number of nitro groups is 1. The van der Waals surface area contributed by atoms with E-state index in [-0.39, 0.29) is 21.8 Å². The summed E-state index contributed by atoms with van der Waals surface area (Å²) in [6.45, 7) is 0.540. The molecule has 146 valence electrons. The molecule has 1 aromatic heterocycles. The largest absolute Gasteiger partial charge is 0.487 e. The lowest BCUT2D eigenvalue weighted by Crippen LogP contribution is -2.23. The van der Waals surface area contributed by atoms with E-state index in [9.17, 15) is 10.1 Å². The van der Waals surface area contributed by atoms with Crippen LogP contribution in [0, 0.1) is 10.1 Å². The Bertz CT molecular complexity index is 947. The molecule has 0 aliphatic carbocycles. The molecule has 1 atom stereocenters. The van der Waals surface area contributed by atoms with Gasteiger partial charge in [0.05, 0.1) is 22.8 Å². The molecule has 0 saturated carbocycles. The Labute approximate surface area is 176 Å². The number of halogens is 3. The lowest BCUT2D eigenvalue weighted by Gasteiger charge is -2.21. The molecule has 0 radical (unpaired) electrons. The third-order valence-corrected chi connectivity index (χ3v) is 4.98. The van der Waals surface area contributed by atoms with Crippen molar-refractivity contribution in [3.8, 4) is 5.75 Å². The van der Waals surface area contributed by atoms with Gasteiger partial charge in [-0.15, -0.1) is 0 Å². The molecule has 0 fully saturated rings. The van der Waals surface area contributed by atoms with Gasteiger partial charge in [0.25, 0.3) is 5.69 Å². The Morgan fingerprint density at radius 2 is 1.89 bits per heavy atom. The van der Waals surface area contributed by atoms with Gasteiger partial charge in [-0.25, -0.2) is 4.98 Å². The van der Waals surface area contributed by atoms with Gasteiger partial charge in [0, 0.05) is 29.5 Å². The van der Waals surface area contributed by atoms with Crippen LogP contribution in [0.1, 0.15) is 12.0 Å². The summed E-state index contributed by atoms with van der Waals surface area (Å²) in [5, 5.41) is 11.8. The first kappa shape index (κ1) is 20.5. The van der Waals surface area contributed by atoms with Crippen LogP contribution in [0.4, 0.5) is 5.69 Å². The smallest absolute Gasteiger partial charge is 0.289 e. The predicted molar refractivity (Wildman–Crippen MR) is 110 cm³/mol. The second-order valence-corrected chi connectivity index (χ2v) is 7.41. The van der Waals surface area contributed by atoms with Crippen molar-refractivity contribution in [3.63, 3.8) is 0 Å². The lowest BCUT2D eigenvalue weighted by atomic mass is 10.1. The molecule has 1 heterocycles. The molecule has 9 heteroatoms. The molecule has 0 amide bonds. The summed E-state index contributed by atoms with van der Waals surface area (Å²) in [7, 11) is 0. The van der Waals surface area contributed by atoms with Crippen molar-refractivity contribution in [1.29, 1.82) is 0 Å². The van der Waals surface area contributed by atoms with E-state index in [0.717, 1.165) is 12.0 Å². The Balaban J connectivity index is 1.77. The summed E-state index contributed by atoms with van der Waals surface area (Å²) in [6.07, 6.45) is 6.41. The molecule has 0 aliphatic rings. The summed E-state index contributed by atoms with van der Waals surface area (Å²) in [4.78, 5) is 14.5. The van der Waals surface area contributed by atoms with Crippen molar-refractivity contribution in [1.82, 2.24) is 9.55 Å². The quantitative estimate of drug-likeness (QED) is 0.326. The average Bonchev–Trinajstić information content (AvgIpc) is 3.16. The van der Waals surface area contributed by atoms with Gasteiger partial charge < -0.3 is 9.30 Å². The zero-order valence-corrected chi connectivity index (χ0v) is 16.9. The molecule has 1 unspecified atom stereocenters. The monoisotopic (exact) mass is 439 g/mol. The topological polar surface area (TPSA) is 70.2 Å². The number of imidazole rings is 1. The standard InChI is InChI=1S/C19H16Cl3N3O3/c20-14-4-1-13(2-5-14)3-6-15(11-24-8-7-23-12-24)28-19-10-16(21)18(25(26)27)9-17(19)22/h1-2,4-5,7-10,12,15H,3,6,11H2. The zero-order chi connectivity index (χ0) is 20.1. The van der Waals surface area contributed by atoms with Gasteiger partial charge in [0.15, 0.2) is 0 Å². The molecule has 28 heavy (non-hydrogen) atoms. The summed E-state index contributed by atoms with van der Waals surface area (Å²) in [5.41, 5.74) is 0.864. The van der Waals surface area contributed by atoms with Crippen LogP contribution in [-0.4, -0.2) is 20.6 Å². The van der Waals surface area contributed by atoms with Crippen molar-refractivity contribution in [2.24, 2.45) is 0 Å². The second-order valence-electron chi connectivity index (χ2n) is 6.16. The highest BCUT2D eigenvalue weighted by molar-refractivity contribution is 6.35. The van der Waals surface area contributed by atoms with Crippen LogP contribution < -0.4 is 4.74 Å². The molecule has 2 aromatic carbocycles. The number of aromatic nitrogens is 2. The van der Waals surface area contributed by atoms with Crippen molar-refractivity contribution in [2.45, 2.75) is 25.5 Å². The van der Waals surface area contributed by atoms with Gasteiger partial charge in [-0.3, -0.25) is 10.1 Å². The maximum Gasteiger partial charge on any atom is 0.289 e. The van der Waals surface area contributed by atoms with Gasteiger partial charge in [0.2, 0.25) is 0 Å². The van der Waals surface area contributed by atoms with Crippen LogP contribution in [-0.2, 0) is 13.0 Å². The number of hydrogen-bond donors (Lipinski definition) is 0. The fourth-order valence-corrected chi connectivity index (χ4v) is 3.28. The molecule has 0 spiro atoms. The summed E-state index contributed by atoms with van der Waals surface area (Å²) in [5.74, 6) is 0.304.